The molecular weight excluding hydrogens is 574 g/mol. The van der Waals surface area contributed by atoms with Gasteiger partial charge < -0.3 is 38.1 Å². The highest BCUT2D eigenvalue weighted by Crippen LogP contribution is 2.18. The molecule has 13 heteroatoms. The van der Waals surface area contributed by atoms with E-state index < -0.39 is 41.6 Å². The Labute approximate surface area is 261 Å². The van der Waals surface area contributed by atoms with Gasteiger partial charge in [-0.2, -0.15) is 0 Å². The predicted molar refractivity (Wildman–Crippen MR) is 173 cm³/mol. The Morgan fingerprint density at radius 3 is 2.00 bits per heavy atom. The molecule has 3 rings (SSSR count). The number of benzene rings is 3. The number of amidine groups is 1. The summed E-state index contributed by atoms with van der Waals surface area (Å²) in [7, 11) is 3.08. The van der Waals surface area contributed by atoms with Crippen LogP contribution < -0.4 is 33.2 Å². The van der Waals surface area contributed by atoms with Crippen LogP contribution in [0.25, 0.3) is 10.8 Å². The van der Waals surface area contributed by atoms with E-state index in [9.17, 15) is 19.2 Å². The zero-order chi connectivity index (χ0) is 33.1. The first kappa shape index (κ1) is 34.0. The fourth-order valence-corrected chi connectivity index (χ4v) is 4.83. The first-order chi connectivity index (χ1) is 21.3. The van der Waals surface area contributed by atoms with Crippen LogP contribution in [0.3, 0.4) is 0 Å². The second-order valence-corrected chi connectivity index (χ2v) is 11.0. The number of rotatable bonds is 15. The SMILES string of the molecule is CN(C)C(=O)C(Cc1ccc(C(=N)N)cc1)C(=O)NC(Cc1ccc2ccccc2c1)C(=O)N[C@@H](CCCNC(=N)N)C(N)=O. The number of amides is 4. The number of carbonyl (C=O) groups is 4. The second kappa shape index (κ2) is 15.8. The Morgan fingerprint density at radius 2 is 1.40 bits per heavy atom. The third-order valence-electron chi connectivity index (χ3n) is 7.29. The number of hydrogen-bond acceptors (Lipinski definition) is 6. The summed E-state index contributed by atoms with van der Waals surface area (Å²) in [5.41, 5.74) is 18.4. The van der Waals surface area contributed by atoms with Gasteiger partial charge in [-0.1, -0.05) is 66.7 Å². The van der Waals surface area contributed by atoms with Crippen LogP contribution >= 0.6 is 0 Å². The van der Waals surface area contributed by atoms with Gasteiger partial charge in [0.2, 0.25) is 23.6 Å². The normalized spacial score (nSPS) is 12.8. The minimum Gasteiger partial charge on any atom is -0.384 e. The molecule has 4 amide bonds. The maximum absolute atomic E-state index is 13.8. The van der Waals surface area contributed by atoms with Gasteiger partial charge in [0.05, 0.1) is 0 Å². The van der Waals surface area contributed by atoms with Crippen molar-refractivity contribution >= 4 is 46.2 Å². The van der Waals surface area contributed by atoms with Crippen molar-refractivity contribution in [1.29, 1.82) is 10.8 Å². The molecule has 3 aromatic carbocycles. The molecule has 0 saturated carbocycles. The molecule has 0 fully saturated rings. The van der Waals surface area contributed by atoms with E-state index in [0.29, 0.717) is 24.1 Å². The molecule has 0 aliphatic carbocycles. The van der Waals surface area contributed by atoms with Crippen molar-refractivity contribution < 1.29 is 19.2 Å². The Kier molecular flexibility index (Phi) is 12.0. The lowest BCUT2D eigenvalue weighted by molar-refractivity contribution is -0.142. The van der Waals surface area contributed by atoms with E-state index in [2.05, 4.69) is 16.0 Å². The highest BCUT2D eigenvalue weighted by molar-refractivity contribution is 6.02. The van der Waals surface area contributed by atoms with Crippen molar-refractivity contribution in [1.82, 2.24) is 20.9 Å². The van der Waals surface area contributed by atoms with Crippen LogP contribution in [-0.2, 0) is 32.0 Å². The van der Waals surface area contributed by atoms with Gasteiger partial charge in [0.25, 0.3) is 0 Å². The summed E-state index contributed by atoms with van der Waals surface area (Å²) in [6.45, 7) is 0.300. The van der Waals surface area contributed by atoms with Crippen molar-refractivity contribution in [2.24, 2.45) is 23.1 Å². The number of nitrogens with one attached hydrogen (secondary N) is 5. The molecule has 3 aromatic rings. The highest BCUT2D eigenvalue weighted by atomic mass is 16.2. The molecule has 0 radical (unpaired) electrons. The molecule has 238 valence electrons. The fraction of sp³-hybridized carbons (Fsp3) is 0.312. The molecule has 0 saturated heterocycles. The maximum Gasteiger partial charge on any atom is 0.243 e. The lowest BCUT2D eigenvalue weighted by atomic mass is 9.95. The summed E-state index contributed by atoms with van der Waals surface area (Å²) >= 11 is 0. The molecule has 0 spiro atoms. The summed E-state index contributed by atoms with van der Waals surface area (Å²) in [5.74, 6) is -4.00. The van der Waals surface area contributed by atoms with E-state index >= 15 is 0 Å². The standard InChI is InChI=1S/C32H41N9O4/c1-41(2)31(45)24(17-19-9-13-22(14-10-19)27(33)34)29(43)40-26(18-20-11-12-21-6-3-4-7-23(21)16-20)30(44)39-25(28(35)42)8-5-15-38-32(36)37/h3-4,6-7,9-14,16,24-26H,5,8,15,17-18H2,1-2H3,(H3,33,34)(H2,35,42)(H,39,44)(H,40,43)(H4,36,37,38)/t24?,25-,26?/m0/s1. The van der Waals surface area contributed by atoms with E-state index in [4.69, 9.17) is 28.0 Å². The number of nitrogens with two attached hydrogens (primary N) is 3. The van der Waals surface area contributed by atoms with Crippen LogP contribution in [0.4, 0.5) is 0 Å². The number of nitrogens with zero attached hydrogens (tertiary/aromatic N) is 1. The summed E-state index contributed by atoms with van der Waals surface area (Å²) in [4.78, 5) is 54.1. The Bertz CT molecular complexity index is 1560. The summed E-state index contributed by atoms with van der Waals surface area (Å²) in [6.07, 6.45) is 0.682. The van der Waals surface area contributed by atoms with Gasteiger partial charge in [-0.25, -0.2) is 0 Å². The average Bonchev–Trinajstić information content (AvgIpc) is 3.00. The lowest BCUT2D eigenvalue weighted by Gasteiger charge is -2.25. The van der Waals surface area contributed by atoms with Gasteiger partial charge in [0, 0.05) is 32.6 Å². The smallest absolute Gasteiger partial charge is 0.243 e. The molecule has 0 aliphatic rings. The molecule has 45 heavy (non-hydrogen) atoms. The van der Waals surface area contributed by atoms with Crippen molar-refractivity contribution in [3.05, 3.63) is 83.4 Å². The van der Waals surface area contributed by atoms with Gasteiger partial charge in [0.15, 0.2) is 5.96 Å². The minimum absolute atomic E-state index is 0.0401. The Hall–Kier alpha value is -5.46. The number of fused-ring (bicyclic) bond motifs is 1. The quantitative estimate of drug-likeness (QED) is 0.0516. The third kappa shape index (κ3) is 10.1. The molecule has 0 aliphatic heterocycles. The van der Waals surface area contributed by atoms with Crippen molar-refractivity contribution in [3.8, 4) is 0 Å². The summed E-state index contributed by atoms with van der Waals surface area (Å²) in [5, 5.41) is 24.9. The largest absolute Gasteiger partial charge is 0.384 e. The first-order valence-corrected chi connectivity index (χ1v) is 14.5. The maximum atomic E-state index is 13.8. The van der Waals surface area contributed by atoms with Crippen molar-refractivity contribution in [3.63, 3.8) is 0 Å². The Morgan fingerprint density at radius 1 is 0.778 bits per heavy atom. The van der Waals surface area contributed by atoms with Gasteiger partial charge in [-0.05, 0) is 41.2 Å². The molecule has 0 heterocycles. The van der Waals surface area contributed by atoms with Crippen LogP contribution in [0.5, 0.6) is 0 Å². The zero-order valence-electron chi connectivity index (χ0n) is 25.4. The molecule has 0 bridgehead atoms. The van der Waals surface area contributed by atoms with Crippen molar-refractivity contribution in [2.75, 3.05) is 20.6 Å². The topological polar surface area (TPSA) is 233 Å². The predicted octanol–water partition coefficient (Wildman–Crippen LogP) is 0.332. The van der Waals surface area contributed by atoms with Crippen LogP contribution in [0.15, 0.2) is 66.7 Å². The summed E-state index contributed by atoms with van der Waals surface area (Å²) in [6, 6.07) is 17.9. The molecule has 3 atom stereocenters. The van der Waals surface area contributed by atoms with Gasteiger partial charge in [-0.15, -0.1) is 0 Å². The van der Waals surface area contributed by atoms with Crippen LogP contribution in [0.1, 0.15) is 29.5 Å². The number of hydrogen-bond donors (Lipinski definition) is 8. The average molecular weight is 616 g/mol. The fourth-order valence-electron chi connectivity index (χ4n) is 4.83. The van der Waals surface area contributed by atoms with Crippen molar-refractivity contribution in [2.45, 2.75) is 37.8 Å². The van der Waals surface area contributed by atoms with Gasteiger partial charge in [-0.3, -0.25) is 30.0 Å². The molecule has 0 aromatic heterocycles. The first-order valence-electron chi connectivity index (χ1n) is 14.5. The van der Waals surface area contributed by atoms with Crippen LogP contribution in [-0.4, -0.2) is 73.0 Å². The third-order valence-corrected chi connectivity index (χ3v) is 7.29. The van der Waals surface area contributed by atoms with Crippen LogP contribution in [0, 0.1) is 16.7 Å². The van der Waals surface area contributed by atoms with E-state index in [-0.39, 0.29) is 31.1 Å². The van der Waals surface area contributed by atoms with Gasteiger partial charge in [0.1, 0.15) is 23.8 Å². The van der Waals surface area contributed by atoms with E-state index in [1.54, 1.807) is 38.4 Å². The highest BCUT2D eigenvalue weighted by Gasteiger charge is 2.33. The lowest BCUT2D eigenvalue weighted by Crippen LogP contribution is -2.55. The number of carbonyl (C=O) groups excluding carboxylic acids is 4. The molecule has 13 nitrogen and oxygen atoms in total. The molecular formula is C32H41N9O4. The summed E-state index contributed by atoms with van der Waals surface area (Å²) < 4.78 is 0. The Balaban J connectivity index is 1.88. The monoisotopic (exact) mass is 615 g/mol. The van der Waals surface area contributed by atoms with Crippen LogP contribution in [0.2, 0.25) is 0 Å². The number of nitrogen functional groups attached to an aromatic ring is 1. The van der Waals surface area contributed by atoms with E-state index in [1.807, 2.05) is 42.5 Å². The van der Waals surface area contributed by atoms with Gasteiger partial charge >= 0.3 is 0 Å². The van der Waals surface area contributed by atoms with E-state index in [0.717, 1.165) is 16.3 Å². The number of guanidine groups is 1. The number of primary amides is 1. The minimum atomic E-state index is -1.17. The van der Waals surface area contributed by atoms with E-state index in [1.165, 1.54) is 4.90 Å². The molecule has 2 unspecified atom stereocenters. The zero-order valence-corrected chi connectivity index (χ0v) is 25.4. The second-order valence-electron chi connectivity index (χ2n) is 11.0. The molecule has 11 N–H and O–H groups in total.